The summed E-state index contributed by atoms with van der Waals surface area (Å²) in [6.45, 7) is 10.4. The first-order chi connectivity index (χ1) is 12.9. The molecule has 0 bridgehead atoms. The van der Waals surface area contributed by atoms with Gasteiger partial charge in [-0.1, -0.05) is 0 Å². The maximum atomic E-state index is 12.7. The second-order valence-electron chi connectivity index (χ2n) is 8.53. The molecule has 0 atom stereocenters. The molecule has 0 aliphatic rings. The van der Waals surface area contributed by atoms with Gasteiger partial charge in [0, 0.05) is 18.1 Å². The summed E-state index contributed by atoms with van der Waals surface area (Å²) >= 11 is 0. The van der Waals surface area contributed by atoms with Gasteiger partial charge in [0.25, 0.3) is 0 Å². The van der Waals surface area contributed by atoms with Crippen molar-refractivity contribution in [2.45, 2.75) is 59.3 Å². The van der Waals surface area contributed by atoms with Crippen molar-refractivity contribution in [2.75, 3.05) is 5.73 Å². The van der Waals surface area contributed by atoms with Crippen LogP contribution < -0.4 is 5.73 Å². The predicted octanol–water partition coefficient (Wildman–Crippen LogP) is 4.73. The Morgan fingerprint density at radius 2 is 1.46 bits per heavy atom. The number of nitrogens with zero attached hydrogens (tertiary/aromatic N) is 2. The summed E-state index contributed by atoms with van der Waals surface area (Å²) in [5.74, 6) is 0. The number of aromatic nitrogens is 1. The number of hydrogen-bond donors (Lipinski definition) is 1. The van der Waals surface area contributed by atoms with E-state index >= 15 is 0 Å². The van der Waals surface area contributed by atoms with Crippen LogP contribution in [0.15, 0.2) is 42.7 Å². The minimum absolute atomic E-state index is 0.0393. The molecular weight excluding hydrogens is 358 g/mol. The number of amides is 2. The normalized spacial score (nSPS) is 11.8. The number of hydrogen-bond acceptors (Lipinski definition) is 5. The standard InChI is InChI=1S/C21H29N3O4/c1-20(2,3)27-18(25)24(19(26)28-21(4,5)6)14-15-13-16(22)9-10-17(15)23-11-7-8-12-23/h7-13H,14,22H2,1-6H3. The molecule has 7 nitrogen and oxygen atoms in total. The molecule has 0 unspecified atom stereocenters. The van der Waals surface area contributed by atoms with E-state index in [9.17, 15) is 9.59 Å². The molecule has 1 aromatic heterocycles. The van der Waals surface area contributed by atoms with Crippen molar-refractivity contribution in [3.8, 4) is 5.69 Å². The van der Waals surface area contributed by atoms with Gasteiger partial charge < -0.3 is 19.8 Å². The number of benzene rings is 1. The van der Waals surface area contributed by atoms with Gasteiger partial charge in [-0.3, -0.25) is 0 Å². The van der Waals surface area contributed by atoms with E-state index in [1.807, 2.05) is 35.2 Å². The number of carbonyl (C=O) groups excluding carboxylic acids is 2. The Morgan fingerprint density at radius 3 is 1.93 bits per heavy atom. The fourth-order valence-corrected chi connectivity index (χ4v) is 2.49. The van der Waals surface area contributed by atoms with E-state index in [-0.39, 0.29) is 6.54 Å². The van der Waals surface area contributed by atoms with E-state index in [2.05, 4.69) is 0 Å². The SMILES string of the molecule is CC(C)(C)OC(=O)N(Cc1cc(N)ccc1-n1cccc1)C(=O)OC(C)(C)C. The molecule has 2 N–H and O–H groups in total. The molecule has 0 radical (unpaired) electrons. The summed E-state index contributed by atoms with van der Waals surface area (Å²) in [6.07, 6.45) is 2.20. The Labute approximate surface area is 166 Å². The van der Waals surface area contributed by atoms with Crippen molar-refractivity contribution in [3.05, 3.63) is 48.3 Å². The molecule has 2 rings (SSSR count). The van der Waals surface area contributed by atoms with Crippen molar-refractivity contribution < 1.29 is 19.1 Å². The second-order valence-corrected chi connectivity index (χ2v) is 8.53. The van der Waals surface area contributed by atoms with Crippen molar-refractivity contribution >= 4 is 17.9 Å². The van der Waals surface area contributed by atoms with E-state index in [4.69, 9.17) is 15.2 Å². The summed E-state index contributed by atoms with van der Waals surface area (Å²) in [7, 11) is 0. The van der Waals surface area contributed by atoms with Gasteiger partial charge in [0.2, 0.25) is 0 Å². The Balaban J connectivity index is 2.41. The zero-order chi connectivity index (χ0) is 21.1. The fraction of sp³-hybridized carbons (Fsp3) is 0.429. The third kappa shape index (κ3) is 6.04. The van der Waals surface area contributed by atoms with Crippen LogP contribution in [-0.4, -0.2) is 32.9 Å². The third-order valence-corrected chi connectivity index (χ3v) is 3.54. The highest BCUT2D eigenvalue weighted by Crippen LogP contribution is 2.23. The second kappa shape index (κ2) is 7.96. The van der Waals surface area contributed by atoms with Crippen LogP contribution >= 0.6 is 0 Å². The number of ether oxygens (including phenoxy) is 2. The van der Waals surface area contributed by atoms with Crippen LogP contribution in [0.5, 0.6) is 0 Å². The molecule has 0 saturated carbocycles. The third-order valence-electron chi connectivity index (χ3n) is 3.54. The van der Waals surface area contributed by atoms with Gasteiger partial charge in [-0.25, -0.2) is 14.5 Å². The Morgan fingerprint density at radius 1 is 0.964 bits per heavy atom. The Kier molecular flexibility index (Phi) is 6.07. The van der Waals surface area contributed by atoms with Crippen molar-refractivity contribution in [1.82, 2.24) is 9.47 Å². The van der Waals surface area contributed by atoms with E-state index in [1.165, 1.54) is 0 Å². The van der Waals surface area contributed by atoms with Gasteiger partial charge >= 0.3 is 12.2 Å². The lowest BCUT2D eigenvalue weighted by molar-refractivity contribution is -0.000236. The smallest absolute Gasteiger partial charge is 0.420 e. The van der Waals surface area contributed by atoms with Gasteiger partial charge in [-0.2, -0.15) is 0 Å². The average molecular weight is 387 g/mol. The highest BCUT2D eigenvalue weighted by molar-refractivity contribution is 5.88. The minimum Gasteiger partial charge on any atom is -0.443 e. The van der Waals surface area contributed by atoms with Crippen molar-refractivity contribution in [3.63, 3.8) is 0 Å². The first-order valence-corrected chi connectivity index (χ1v) is 9.11. The summed E-state index contributed by atoms with van der Waals surface area (Å²) in [6, 6.07) is 9.12. The van der Waals surface area contributed by atoms with E-state index < -0.39 is 23.4 Å². The molecule has 0 aliphatic carbocycles. The average Bonchev–Trinajstić information content (AvgIpc) is 3.03. The largest absolute Gasteiger partial charge is 0.443 e. The molecule has 7 heteroatoms. The molecule has 2 aromatic rings. The van der Waals surface area contributed by atoms with Crippen molar-refractivity contribution in [2.24, 2.45) is 0 Å². The molecule has 0 aliphatic heterocycles. The van der Waals surface area contributed by atoms with Gasteiger partial charge in [-0.15, -0.1) is 0 Å². The fourth-order valence-electron chi connectivity index (χ4n) is 2.49. The number of rotatable bonds is 3. The number of carbonyl (C=O) groups is 2. The molecule has 1 aromatic carbocycles. The summed E-state index contributed by atoms with van der Waals surface area (Å²) < 4.78 is 12.7. The monoisotopic (exact) mass is 387 g/mol. The first-order valence-electron chi connectivity index (χ1n) is 9.11. The van der Waals surface area contributed by atoms with Gasteiger partial charge in [0.1, 0.15) is 11.2 Å². The van der Waals surface area contributed by atoms with Gasteiger partial charge in [0.05, 0.1) is 12.2 Å². The topological polar surface area (TPSA) is 86.8 Å². The van der Waals surface area contributed by atoms with Crippen LogP contribution in [0.3, 0.4) is 0 Å². The molecular formula is C21H29N3O4. The van der Waals surface area contributed by atoms with Crippen LogP contribution in [0, 0.1) is 0 Å². The van der Waals surface area contributed by atoms with Crippen LogP contribution in [0.2, 0.25) is 0 Å². The van der Waals surface area contributed by atoms with Gasteiger partial charge in [0.15, 0.2) is 0 Å². The summed E-state index contributed by atoms with van der Waals surface area (Å²) in [4.78, 5) is 26.4. The number of imide groups is 1. The maximum Gasteiger partial charge on any atom is 0.420 e. The first kappa shape index (κ1) is 21.3. The van der Waals surface area contributed by atoms with E-state index in [0.717, 1.165) is 10.6 Å². The van der Waals surface area contributed by atoms with E-state index in [1.54, 1.807) is 53.7 Å². The lowest BCUT2D eigenvalue weighted by atomic mass is 10.1. The molecule has 0 spiro atoms. The molecule has 2 amide bonds. The van der Waals surface area contributed by atoms with Crippen LogP contribution in [0.1, 0.15) is 47.1 Å². The van der Waals surface area contributed by atoms with E-state index in [0.29, 0.717) is 11.3 Å². The van der Waals surface area contributed by atoms with Crippen LogP contribution in [0.25, 0.3) is 5.69 Å². The lowest BCUT2D eigenvalue weighted by Gasteiger charge is -2.29. The van der Waals surface area contributed by atoms with Crippen LogP contribution in [0.4, 0.5) is 15.3 Å². The summed E-state index contributed by atoms with van der Waals surface area (Å²) in [5.41, 5.74) is 6.46. The van der Waals surface area contributed by atoms with Gasteiger partial charge in [-0.05, 0) is 77.4 Å². The highest BCUT2D eigenvalue weighted by atomic mass is 16.6. The molecule has 1 heterocycles. The lowest BCUT2D eigenvalue weighted by Crippen LogP contribution is -2.43. The molecule has 28 heavy (non-hydrogen) atoms. The molecule has 0 fully saturated rings. The predicted molar refractivity (Wildman–Crippen MR) is 108 cm³/mol. The summed E-state index contributed by atoms with van der Waals surface area (Å²) in [5, 5.41) is 0. The zero-order valence-electron chi connectivity index (χ0n) is 17.4. The minimum atomic E-state index is -0.775. The Bertz CT molecular complexity index is 802. The quantitative estimate of drug-likeness (QED) is 0.769. The van der Waals surface area contributed by atoms with Crippen molar-refractivity contribution in [1.29, 1.82) is 0 Å². The number of nitrogen functional groups attached to an aromatic ring is 1. The zero-order valence-corrected chi connectivity index (χ0v) is 17.4. The molecule has 152 valence electrons. The van der Waals surface area contributed by atoms with Crippen LogP contribution in [-0.2, 0) is 16.0 Å². The Hall–Kier alpha value is -2.96. The highest BCUT2D eigenvalue weighted by Gasteiger charge is 2.32. The number of anilines is 1. The maximum absolute atomic E-state index is 12.7. The molecule has 0 saturated heterocycles. The number of nitrogens with two attached hydrogens (primary N) is 1.